The van der Waals surface area contributed by atoms with Gasteiger partial charge < -0.3 is 5.32 Å². The second kappa shape index (κ2) is 5.45. The predicted molar refractivity (Wildman–Crippen MR) is 69.4 cm³/mol. The van der Waals surface area contributed by atoms with Gasteiger partial charge in [0.15, 0.2) is 0 Å². The SMILES string of the molecule is CNC(c1cncnc1)c1cccc(Cl)c1Cl. The Hall–Kier alpha value is -1.16. The highest BCUT2D eigenvalue weighted by Gasteiger charge is 2.16. The molecule has 1 aromatic heterocycles. The summed E-state index contributed by atoms with van der Waals surface area (Å²) in [6.07, 6.45) is 5.01. The molecule has 0 spiro atoms. The minimum atomic E-state index is -0.0672. The lowest BCUT2D eigenvalue weighted by atomic mass is 10.0. The average molecular weight is 268 g/mol. The highest BCUT2D eigenvalue weighted by molar-refractivity contribution is 6.42. The number of nitrogens with zero attached hydrogens (tertiary/aromatic N) is 2. The second-order valence-corrected chi connectivity index (χ2v) is 4.32. The molecule has 0 saturated heterocycles. The minimum absolute atomic E-state index is 0.0672. The molecule has 0 aliphatic carbocycles. The lowest BCUT2D eigenvalue weighted by Crippen LogP contribution is -2.18. The van der Waals surface area contributed by atoms with Crippen molar-refractivity contribution < 1.29 is 0 Å². The van der Waals surface area contributed by atoms with Gasteiger partial charge in [-0.25, -0.2) is 9.97 Å². The van der Waals surface area contributed by atoms with E-state index in [0.717, 1.165) is 11.1 Å². The van der Waals surface area contributed by atoms with E-state index in [1.54, 1.807) is 18.5 Å². The molecule has 0 amide bonds. The molecule has 0 saturated carbocycles. The first-order valence-electron chi connectivity index (χ1n) is 5.10. The van der Waals surface area contributed by atoms with Crippen LogP contribution in [0.5, 0.6) is 0 Å². The van der Waals surface area contributed by atoms with Gasteiger partial charge in [0.05, 0.1) is 16.1 Å². The smallest absolute Gasteiger partial charge is 0.115 e. The van der Waals surface area contributed by atoms with E-state index in [4.69, 9.17) is 23.2 Å². The number of nitrogens with one attached hydrogen (secondary N) is 1. The van der Waals surface area contributed by atoms with Crippen LogP contribution in [0, 0.1) is 0 Å². The zero-order valence-electron chi connectivity index (χ0n) is 9.19. The van der Waals surface area contributed by atoms with Crippen molar-refractivity contribution in [2.45, 2.75) is 6.04 Å². The summed E-state index contributed by atoms with van der Waals surface area (Å²) in [6, 6.07) is 5.50. The normalized spacial score (nSPS) is 12.4. The summed E-state index contributed by atoms with van der Waals surface area (Å²) >= 11 is 12.2. The van der Waals surface area contributed by atoms with Gasteiger partial charge in [0.1, 0.15) is 6.33 Å². The Morgan fingerprint density at radius 2 is 1.88 bits per heavy atom. The molecule has 1 aromatic carbocycles. The number of hydrogen-bond donors (Lipinski definition) is 1. The van der Waals surface area contributed by atoms with Crippen molar-refractivity contribution in [2.75, 3.05) is 7.05 Å². The van der Waals surface area contributed by atoms with Gasteiger partial charge in [0.2, 0.25) is 0 Å². The molecular weight excluding hydrogens is 257 g/mol. The van der Waals surface area contributed by atoms with Crippen LogP contribution in [-0.2, 0) is 0 Å². The third-order valence-corrected chi connectivity index (χ3v) is 3.33. The van der Waals surface area contributed by atoms with Crippen molar-refractivity contribution in [3.05, 3.63) is 58.1 Å². The largest absolute Gasteiger partial charge is 0.309 e. The zero-order chi connectivity index (χ0) is 12.3. The molecule has 2 rings (SSSR count). The van der Waals surface area contributed by atoms with E-state index >= 15 is 0 Å². The van der Waals surface area contributed by atoms with Gasteiger partial charge in [0, 0.05) is 18.0 Å². The summed E-state index contributed by atoms with van der Waals surface area (Å²) in [4.78, 5) is 8.01. The Labute approximate surface area is 110 Å². The first kappa shape index (κ1) is 12.3. The molecule has 5 heteroatoms. The van der Waals surface area contributed by atoms with Crippen molar-refractivity contribution in [3.63, 3.8) is 0 Å². The van der Waals surface area contributed by atoms with Gasteiger partial charge in [0.25, 0.3) is 0 Å². The third kappa shape index (κ3) is 2.57. The molecule has 88 valence electrons. The Morgan fingerprint density at radius 3 is 2.53 bits per heavy atom. The van der Waals surface area contributed by atoms with Gasteiger partial charge in [-0.2, -0.15) is 0 Å². The molecule has 0 fully saturated rings. The fraction of sp³-hybridized carbons (Fsp3) is 0.167. The Bertz CT molecular complexity index is 502. The number of aromatic nitrogens is 2. The van der Waals surface area contributed by atoms with Crippen LogP contribution in [0.15, 0.2) is 36.9 Å². The molecule has 0 radical (unpaired) electrons. The molecule has 3 nitrogen and oxygen atoms in total. The van der Waals surface area contributed by atoms with E-state index in [0.29, 0.717) is 10.0 Å². The van der Waals surface area contributed by atoms with E-state index in [2.05, 4.69) is 15.3 Å². The predicted octanol–water partition coefficient (Wildman–Crippen LogP) is 3.09. The fourth-order valence-electron chi connectivity index (χ4n) is 1.70. The average Bonchev–Trinajstić information content (AvgIpc) is 2.37. The molecular formula is C12H11Cl2N3. The number of rotatable bonds is 3. The van der Waals surface area contributed by atoms with Crippen LogP contribution in [0.1, 0.15) is 17.2 Å². The maximum atomic E-state index is 6.20. The van der Waals surface area contributed by atoms with Crippen LogP contribution >= 0.6 is 23.2 Å². The fourth-order valence-corrected chi connectivity index (χ4v) is 2.12. The quantitative estimate of drug-likeness (QED) is 0.929. The Balaban J connectivity index is 2.46. The second-order valence-electron chi connectivity index (χ2n) is 3.54. The third-order valence-electron chi connectivity index (χ3n) is 2.50. The van der Waals surface area contributed by atoms with Crippen LogP contribution < -0.4 is 5.32 Å². The maximum absolute atomic E-state index is 6.20. The van der Waals surface area contributed by atoms with Crippen molar-refractivity contribution in [1.82, 2.24) is 15.3 Å². The number of halogens is 2. The van der Waals surface area contributed by atoms with Gasteiger partial charge in [-0.05, 0) is 18.7 Å². The first-order chi connectivity index (χ1) is 8.24. The van der Waals surface area contributed by atoms with Gasteiger partial charge in [-0.3, -0.25) is 0 Å². The van der Waals surface area contributed by atoms with Crippen LogP contribution in [0.2, 0.25) is 10.0 Å². The van der Waals surface area contributed by atoms with E-state index in [1.165, 1.54) is 6.33 Å². The molecule has 0 bridgehead atoms. The molecule has 1 unspecified atom stereocenters. The summed E-state index contributed by atoms with van der Waals surface area (Å²) in [7, 11) is 1.86. The van der Waals surface area contributed by atoms with Crippen LogP contribution in [0.4, 0.5) is 0 Å². The molecule has 1 atom stereocenters. The van der Waals surface area contributed by atoms with E-state index in [-0.39, 0.29) is 6.04 Å². The van der Waals surface area contributed by atoms with Gasteiger partial charge in [-0.15, -0.1) is 0 Å². The lowest BCUT2D eigenvalue weighted by molar-refractivity contribution is 0.685. The number of hydrogen-bond acceptors (Lipinski definition) is 3. The first-order valence-corrected chi connectivity index (χ1v) is 5.85. The molecule has 0 aliphatic rings. The molecule has 17 heavy (non-hydrogen) atoms. The highest BCUT2D eigenvalue weighted by Crippen LogP contribution is 2.32. The Kier molecular flexibility index (Phi) is 3.94. The summed E-state index contributed by atoms with van der Waals surface area (Å²) < 4.78 is 0. The number of benzene rings is 1. The van der Waals surface area contributed by atoms with Gasteiger partial charge >= 0.3 is 0 Å². The Morgan fingerprint density at radius 1 is 1.18 bits per heavy atom. The van der Waals surface area contributed by atoms with Crippen molar-refractivity contribution in [2.24, 2.45) is 0 Å². The lowest BCUT2D eigenvalue weighted by Gasteiger charge is -2.18. The summed E-state index contributed by atoms with van der Waals surface area (Å²) in [5.41, 5.74) is 1.86. The van der Waals surface area contributed by atoms with E-state index in [1.807, 2.05) is 19.2 Å². The summed E-state index contributed by atoms with van der Waals surface area (Å²) in [6.45, 7) is 0. The molecule has 1 heterocycles. The minimum Gasteiger partial charge on any atom is -0.309 e. The van der Waals surface area contributed by atoms with E-state index in [9.17, 15) is 0 Å². The van der Waals surface area contributed by atoms with Crippen LogP contribution in [-0.4, -0.2) is 17.0 Å². The maximum Gasteiger partial charge on any atom is 0.115 e. The molecule has 2 aromatic rings. The molecule has 0 aliphatic heterocycles. The highest BCUT2D eigenvalue weighted by atomic mass is 35.5. The summed E-state index contributed by atoms with van der Waals surface area (Å²) in [5, 5.41) is 4.28. The van der Waals surface area contributed by atoms with Crippen LogP contribution in [0.3, 0.4) is 0 Å². The van der Waals surface area contributed by atoms with Gasteiger partial charge in [-0.1, -0.05) is 35.3 Å². The topological polar surface area (TPSA) is 37.8 Å². The summed E-state index contributed by atoms with van der Waals surface area (Å²) in [5.74, 6) is 0. The van der Waals surface area contributed by atoms with Crippen molar-refractivity contribution in [1.29, 1.82) is 0 Å². The van der Waals surface area contributed by atoms with Crippen LogP contribution in [0.25, 0.3) is 0 Å². The zero-order valence-corrected chi connectivity index (χ0v) is 10.7. The monoisotopic (exact) mass is 267 g/mol. The van der Waals surface area contributed by atoms with Crippen molar-refractivity contribution in [3.8, 4) is 0 Å². The molecule has 1 N–H and O–H groups in total. The van der Waals surface area contributed by atoms with E-state index < -0.39 is 0 Å². The standard InChI is InChI=1S/C12H11Cl2N3/c1-15-12(8-5-16-7-17-6-8)9-3-2-4-10(13)11(9)14/h2-7,12,15H,1H3. The van der Waals surface area contributed by atoms with Crippen molar-refractivity contribution >= 4 is 23.2 Å².